The van der Waals surface area contributed by atoms with E-state index in [1.54, 1.807) is 0 Å². The van der Waals surface area contributed by atoms with Crippen LogP contribution in [-0.2, 0) is 9.59 Å². The number of carboxylic acids is 1. The highest BCUT2D eigenvalue weighted by atomic mass is 32.2. The van der Waals surface area contributed by atoms with E-state index in [4.69, 9.17) is 5.11 Å². The molecule has 0 aliphatic carbocycles. The van der Waals surface area contributed by atoms with Crippen molar-refractivity contribution in [3.8, 4) is 0 Å². The van der Waals surface area contributed by atoms with Gasteiger partial charge in [0.2, 0.25) is 5.91 Å². The van der Waals surface area contributed by atoms with Crippen LogP contribution >= 0.6 is 11.8 Å². The summed E-state index contributed by atoms with van der Waals surface area (Å²) in [5.74, 6) is -1.44. The molecule has 0 unspecified atom stereocenters. The van der Waals surface area contributed by atoms with Gasteiger partial charge in [0.05, 0.1) is 4.92 Å². The lowest BCUT2D eigenvalue weighted by Crippen LogP contribution is -2.42. The molecule has 0 fully saturated rings. The number of carbonyl (C=O) groups is 3. The van der Waals surface area contributed by atoms with Crippen LogP contribution in [0.1, 0.15) is 23.2 Å². The average molecular weight is 369 g/mol. The van der Waals surface area contributed by atoms with Gasteiger partial charge in [-0.1, -0.05) is 0 Å². The number of amides is 2. The topological polar surface area (TPSA) is 139 Å². The molecule has 0 heterocycles. The smallest absolute Gasteiger partial charge is 0.326 e. The lowest BCUT2D eigenvalue weighted by atomic mass is 10.2. The maximum Gasteiger partial charge on any atom is 0.326 e. The van der Waals surface area contributed by atoms with Gasteiger partial charge in [-0.3, -0.25) is 19.7 Å². The van der Waals surface area contributed by atoms with E-state index in [-0.39, 0.29) is 24.2 Å². The van der Waals surface area contributed by atoms with Crippen molar-refractivity contribution in [2.45, 2.75) is 18.9 Å². The van der Waals surface area contributed by atoms with Crippen LogP contribution in [0.3, 0.4) is 0 Å². The highest BCUT2D eigenvalue weighted by Crippen LogP contribution is 2.11. The predicted octanol–water partition coefficient (Wildman–Crippen LogP) is 1.04. The predicted molar refractivity (Wildman–Crippen MR) is 92.6 cm³/mol. The van der Waals surface area contributed by atoms with Crippen LogP contribution in [0.4, 0.5) is 5.69 Å². The summed E-state index contributed by atoms with van der Waals surface area (Å²) < 4.78 is 0. The van der Waals surface area contributed by atoms with Crippen molar-refractivity contribution in [3.63, 3.8) is 0 Å². The number of nitro benzene ring substituents is 1. The zero-order valence-electron chi connectivity index (χ0n) is 13.6. The van der Waals surface area contributed by atoms with E-state index in [1.165, 1.54) is 36.0 Å². The van der Waals surface area contributed by atoms with Crippen LogP contribution in [0.2, 0.25) is 0 Å². The summed E-state index contributed by atoms with van der Waals surface area (Å²) in [5, 5.41) is 24.5. The first-order valence-corrected chi connectivity index (χ1v) is 8.78. The first-order valence-electron chi connectivity index (χ1n) is 7.39. The Morgan fingerprint density at radius 2 is 1.92 bits per heavy atom. The van der Waals surface area contributed by atoms with Gasteiger partial charge in [-0.25, -0.2) is 4.79 Å². The van der Waals surface area contributed by atoms with Gasteiger partial charge in [0.25, 0.3) is 11.6 Å². The minimum atomic E-state index is -1.10. The fourth-order valence-corrected chi connectivity index (χ4v) is 2.36. The summed E-state index contributed by atoms with van der Waals surface area (Å²) in [4.78, 5) is 44.6. The van der Waals surface area contributed by atoms with E-state index in [0.717, 1.165) is 0 Å². The van der Waals surface area contributed by atoms with E-state index in [9.17, 15) is 24.5 Å². The molecule has 25 heavy (non-hydrogen) atoms. The number of rotatable bonds is 10. The molecule has 0 radical (unpaired) electrons. The molecule has 9 nitrogen and oxygen atoms in total. The Morgan fingerprint density at radius 1 is 1.28 bits per heavy atom. The van der Waals surface area contributed by atoms with E-state index < -0.39 is 28.7 Å². The molecule has 0 saturated carbocycles. The molecule has 0 spiro atoms. The second-order valence-electron chi connectivity index (χ2n) is 5.05. The molecule has 1 atom stereocenters. The highest BCUT2D eigenvalue weighted by molar-refractivity contribution is 7.98. The Morgan fingerprint density at radius 3 is 2.44 bits per heavy atom. The fraction of sp³-hybridized carbons (Fsp3) is 0.400. The Balaban J connectivity index is 2.42. The van der Waals surface area contributed by atoms with E-state index >= 15 is 0 Å². The lowest BCUT2D eigenvalue weighted by Gasteiger charge is -2.14. The largest absolute Gasteiger partial charge is 0.480 e. The monoisotopic (exact) mass is 369 g/mol. The molecule has 136 valence electrons. The third-order valence-corrected chi connectivity index (χ3v) is 3.87. The third kappa shape index (κ3) is 7.21. The van der Waals surface area contributed by atoms with Crippen molar-refractivity contribution in [2.75, 3.05) is 18.6 Å². The van der Waals surface area contributed by atoms with Crippen molar-refractivity contribution in [3.05, 3.63) is 39.9 Å². The molecule has 1 aromatic carbocycles. The first-order chi connectivity index (χ1) is 11.8. The molecule has 1 aromatic rings. The minimum absolute atomic E-state index is 0.0243. The highest BCUT2D eigenvalue weighted by Gasteiger charge is 2.19. The van der Waals surface area contributed by atoms with Crippen LogP contribution in [0.25, 0.3) is 0 Å². The van der Waals surface area contributed by atoms with Crippen LogP contribution in [0.5, 0.6) is 0 Å². The number of hydrogen-bond acceptors (Lipinski definition) is 6. The Bertz CT molecular complexity index is 635. The summed E-state index contributed by atoms with van der Waals surface area (Å²) >= 11 is 1.48. The van der Waals surface area contributed by atoms with Gasteiger partial charge in [0.1, 0.15) is 6.04 Å². The van der Waals surface area contributed by atoms with Crippen molar-refractivity contribution in [2.24, 2.45) is 0 Å². The van der Waals surface area contributed by atoms with Gasteiger partial charge in [0, 0.05) is 30.7 Å². The molecule has 2 amide bonds. The van der Waals surface area contributed by atoms with Gasteiger partial charge in [-0.15, -0.1) is 0 Å². The van der Waals surface area contributed by atoms with Gasteiger partial charge in [0.15, 0.2) is 0 Å². The van der Waals surface area contributed by atoms with Crippen LogP contribution in [0.15, 0.2) is 24.3 Å². The molecule has 0 aliphatic rings. The number of benzene rings is 1. The van der Waals surface area contributed by atoms with Crippen molar-refractivity contribution in [1.82, 2.24) is 10.6 Å². The normalized spacial score (nSPS) is 11.4. The minimum Gasteiger partial charge on any atom is -0.480 e. The van der Waals surface area contributed by atoms with Crippen LogP contribution in [-0.4, -0.2) is 52.4 Å². The quantitative estimate of drug-likeness (QED) is 0.413. The van der Waals surface area contributed by atoms with Crippen LogP contribution < -0.4 is 10.6 Å². The molecular weight excluding hydrogens is 350 g/mol. The van der Waals surface area contributed by atoms with Crippen molar-refractivity contribution >= 4 is 35.2 Å². The van der Waals surface area contributed by atoms with Gasteiger partial charge in [-0.2, -0.15) is 11.8 Å². The van der Waals surface area contributed by atoms with Gasteiger partial charge < -0.3 is 15.7 Å². The standard InChI is InChI=1S/C15H19N3O6S/c1-25-9-7-12(15(21)22)17-13(19)6-8-16-14(20)10-2-4-11(5-3-10)18(23)24/h2-5,12H,6-9H2,1H3,(H,16,20)(H,17,19)(H,21,22)/t12-/m0/s1. The molecule has 3 N–H and O–H groups in total. The Labute approximate surface area is 148 Å². The molecule has 0 saturated heterocycles. The molecular formula is C15H19N3O6S. The summed E-state index contributed by atoms with van der Waals surface area (Å²) in [7, 11) is 0. The summed E-state index contributed by atoms with van der Waals surface area (Å²) in [6, 6.07) is 4.10. The van der Waals surface area contributed by atoms with Crippen molar-refractivity contribution in [1.29, 1.82) is 0 Å². The molecule has 0 aromatic heterocycles. The second kappa shape index (κ2) is 10.3. The SMILES string of the molecule is CSCC[C@H](NC(=O)CCNC(=O)c1ccc([N+](=O)[O-])cc1)C(=O)O. The van der Waals surface area contributed by atoms with Gasteiger partial charge in [-0.05, 0) is 30.6 Å². The van der Waals surface area contributed by atoms with E-state index in [0.29, 0.717) is 12.2 Å². The Hall–Kier alpha value is -2.62. The number of hydrogen-bond donors (Lipinski definition) is 3. The maximum atomic E-state index is 11.9. The first kappa shape index (κ1) is 20.4. The number of aliphatic carboxylic acids is 1. The number of nitrogens with zero attached hydrogens (tertiary/aromatic N) is 1. The number of carbonyl (C=O) groups excluding carboxylic acids is 2. The molecule has 10 heteroatoms. The fourth-order valence-electron chi connectivity index (χ4n) is 1.89. The summed E-state index contributed by atoms with van der Waals surface area (Å²) in [5.41, 5.74) is 0.107. The summed E-state index contributed by atoms with van der Waals surface area (Å²) in [6.45, 7) is 0.0243. The number of nitro groups is 1. The number of non-ortho nitro benzene ring substituents is 1. The molecule has 1 rings (SSSR count). The van der Waals surface area contributed by atoms with E-state index in [1.807, 2.05) is 6.26 Å². The third-order valence-electron chi connectivity index (χ3n) is 3.22. The second-order valence-corrected chi connectivity index (χ2v) is 6.04. The average Bonchev–Trinajstić information content (AvgIpc) is 2.58. The Kier molecular flexibility index (Phi) is 8.40. The van der Waals surface area contributed by atoms with Gasteiger partial charge >= 0.3 is 5.97 Å². The number of thioether (sulfide) groups is 1. The summed E-state index contributed by atoms with van der Waals surface area (Å²) in [6.07, 6.45) is 2.09. The number of carboxylic acid groups (broad SMARTS) is 1. The zero-order chi connectivity index (χ0) is 18.8. The molecule has 0 aliphatic heterocycles. The number of nitrogens with one attached hydrogen (secondary N) is 2. The lowest BCUT2D eigenvalue weighted by molar-refractivity contribution is -0.384. The van der Waals surface area contributed by atoms with Crippen molar-refractivity contribution < 1.29 is 24.4 Å². The van der Waals surface area contributed by atoms with E-state index in [2.05, 4.69) is 10.6 Å². The maximum absolute atomic E-state index is 11.9. The zero-order valence-corrected chi connectivity index (χ0v) is 14.4. The molecule has 0 bridgehead atoms. The van der Waals surface area contributed by atoms with Crippen LogP contribution in [0, 0.1) is 10.1 Å².